The van der Waals surface area contributed by atoms with E-state index in [1.165, 1.54) is 11.3 Å². The summed E-state index contributed by atoms with van der Waals surface area (Å²) in [6.07, 6.45) is 1.70. The number of thiazole rings is 1. The van der Waals surface area contributed by atoms with E-state index < -0.39 is 30.2 Å². The molecular weight excluding hydrogens is 478 g/mol. The zero-order chi connectivity index (χ0) is 20.5. The summed E-state index contributed by atoms with van der Waals surface area (Å²) in [5, 5.41) is 0.310. The van der Waals surface area contributed by atoms with Gasteiger partial charge in [0, 0.05) is 0 Å². The zero-order valence-corrected chi connectivity index (χ0v) is 20.8. The average molecular weight is 512 g/mol. The summed E-state index contributed by atoms with van der Waals surface area (Å²) in [4.78, 5) is 4.01. The number of hydrogen-bond acceptors (Lipinski definition) is 3. The van der Waals surface area contributed by atoms with Crippen LogP contribution in [-0.4, -0.2) is 30.0 Å². The number of aromatic nitrogens is 1. The number of unbranched alkanes of at least 4 members (excludes halogenated alkanes) is 3. The van der Waals surface area contributed by atoms with Crippen LogP contribution in [0, 0.1) is 0 Å². The Kier molecular flexibility index (Phi) is 10.7. The van der Waals surface area contributed by atoms with E-state index in [2.05, 4.69) is 32.3 Å². The van der Waals surface area contributed by atoms with Gasteiger partial charge in [-0.15, -0.1) is 0 Å². The van der Waals surface area contributed by atoms with Crippen LogP contribution in [0.4, 0.5) is 13.2 Å². The Balaban J connectivity index is 3.52. The molecule has 0 aromatic carbocycles. The van der Waals surface area contributed by atoms with Crippen molar-refractivity contribution in [3.8, 4) is 0 Å². The van der Waals surface area contributed by atoms with E-state index in [4.69, 9.17) is 4.74 Å². The van der Waals surface area contributed by atoms with Gasteiger partial charge in [-0.25, -0.2) is 0 Å². The molecule has 0 bridgehead atoms. The standard InChI is InChI=1S/C8H7F3NOS.3C4H9.Sn/c1-3-13-5(2)7-12-6(4-14-7)8(9,10)11;3*1-3-4-2;/h2-3H2,1H3;3*1,3-4H2,2H3;. The summed E-state index contributed by atoms with van der Waals surface area (Å²) in [6.45, 7) is 12.3. The summed E-state index contributed by atoms with van der Waals surface area (Å²) in [7, 11) is 0. The van der Waals surface area contributed by atoms with Crippen molar-refractivity contribution < 1.29 is 17.9 Å². The number of nitrogens with zero attached hydrogens (tertiary/aromatic N) is 1. The van der Waals surface area contributed by atoms with Crippen LogP contribution in [0.2, 0.25) is 13.3 Å². The fourth-order valence-electron chi connectivity index (χ4n) is 3.49. The first-order valence-electron chi connectivity index (χ1n) is 10.2. The van der Waals surface area contributed by atoms with E-state index in [-0.39, 0.29) is 5.76 Å². The molecule has 0 fully saturated rings. The van der Waals surface area contributed by atoms with Crippen molar-refractivity contribution in [1.29, 1.82) is 0 Å². The topological polar surface area (TPSA) is 22.1 Å². The maximum absolute atomic E-state index is 13.9. The number of hydrogen-bond donors (Lipinski definition) is 0. The fraction of sp³-hybridized carbons (Fsp3) is 0.750. The van der Waals surface area contributed by atoms with E-state index in [0.717, 1.165) is 51.8 Å². The second-order valence-corrected chi connectivity index (χ2v) is 22.2. The monoisotopic (exact) mass is 513 g/mol. The Bertz CT molecular complexity index is 564. The van der Waals surface area contributed by atoms with E-state index in [1.54, 1.807) is 6.92 Å². The normalized spacial score (nSPS) is 12.4. The van der Waals surface area contributed by atoms with E-state index in [9.17, 15) is 13.2 Å². The quantitative estimate of drug-likeness (QED) is 0.206. The van der Waals surface area contributed by atoms with Gasteiger partial charge in [0.05, 0.1) is 0 Å². The van der Waals surface area contributed by atoms with Gasteiger partial charge in [0.1, 0.15) is 0 Å². The van der Waals surface area contributed by atoms with Crippen molar-refractivity contribution in [2.45, 2.75) is 85.7 Å². The first-order valence-corrected chi connectivity index (χ1v) is 18.5. The van der Waals surface area contributed by atoms with Gasteiger partial charge >= 0.3 is 171 Å². The van der Waals surface area contributed by atoms with Crippen LogP contribution in [0.15, 0.2) is 6.58 Å². The van der Waals surface area contributed by atoms with Gasteiger partial charge in [-0.2, -0.15) is 0 Å². The first-order chi connectivity index (χ1) is 12.8. The van der Waals surface area contributed by atoms with Crippen molar-refractivity contribution in [2.75, 3.05) is 6.61 Å². The van der Waals surface area contributed by atoms with Gasteiger partial charge in [-0.3, -0.25) is 0 Å². The maximum atomic E-state index is 13.9. The molecule has 0 aliphatic carbocycles. The molecule has 156 valence electrons. The van der Waals surface area contributed by atoms with Gasteiger partial charge in [-0.1, -0.05) is 0 Å². The van der Waals surface area contributed by atoms with E-state index >= 15 is 0 Å². The van der Waals surface area contributed by atoms with Crippen molar-refractivity contribution in [3.63, 3.8) is 0 Å². The molecule has 0 N–H and O–H groups in total. The third-order valence-electron chi connectivity index (χ3n) is 4.96. The third kappa shape index (κ3) is 6.94. The fourth-order valence-corrected chi connectivity index (χ4v) is 24.1. The predicted octanol–water partition coefficient (Wildman–Crippen LogP) is 7.23. The average Bonchev–Trinajstić information content (AvgIpc) is 3.08. The summed E-state index contributed by atoms with van der Waals surface area (Å²) < 4.78 is 50.7. The van der Waals surface area contributed by atoms with Crippen LogP contribution < -0.4 is 2.89 Å². The Hall–Kier alpha value is -0.241. The van der Waals surface area contributed by atoms with Gasteiger partial charge in [0.25, 0.3) is 0 Å². The van der Waals surface area contributed by atoms with E-state index in [0.29, 0.717) is 14.5 Å². The van der Waals surface area contributed by atoms with Crippen molar-refractivity contribution in [2.24, 2.45) is 0 Å². The molecule has 0 aliphatic heterocycles. The molecule has 1 rings (SSSR count). The van der Waals surface area contributed by atoms with Crippen molar-refractivity contribution in [1.82, 2.24) is 4.98 Å². The van der Waals surface area contributed by atoms with E-state index in [1.807, 2.05) is 0 Å². The van der Waals surface area contributed by atoms with Crippen molar-refractivity contribution >= 4 is 38.4 Å². The second kappa shape index (κ2) is 11.7. The predicted molar refractivity (Wildman–Crippen MR) is 112 cm³/mol. The van der Waals surface area contributed by atoms with Gasteiger partial charge in [0.2, 0.25) is 0 Å². The number of rotatable bonds is 13. The Morgan fingerprint density at radius 3 is 1.85 bits per heavy atom. The van der Waals surface area contributed by atoms with Crippen LogP contribution in [0.1, 0.15) is 76.9 Å². The SMILES string of the molecule is C=C(OCC)c1nc(C(F)(F)F)[c]([Sn]([CH2]CCC)([CH2]CCC)[CH2]CCC)s1. The Morgan fingerprint density at radius 2 is 1.48 bits per heavy atom. The zero-order valence-electron chi connectivity index (χ0n) is 17.2. The molecule has 0 saturated heterocycles. The molecular formula is C20H34F3NOSSn. The molecule has 0 unspecified atom stereocenters. The second-order valence-electron chi connectivity index (χ2n) is 7.14. The molecule has 0 aliphatic rings. The summed E-state index contributed by atoms with van der Waals surface area (Å²) in [6, 6.07) is 0. The molecule has 0 spiro atoms. The molecule has 2 nitrogen and oxygen atoms in total. The van der Waals surface area contributed by atoms with Gasteiger partial charge in [0.15, 0.2) is 0 Å². The van der Waals surface area contributed by atoms with Crippen LogP contribution in [0.5, 0.6) is 0 Å². The first kappa shape index (κ1) is 24.8. The molecule has 27 heavy (non-hydrogen) atoms. The molecule has 0 atom stereocenters. The number of ether oxygens (including phenoxy) is 1. The number of alkyl halides is 3. The van der Waals surface area contributed by atoms with Crippen LogP contribution in [0.25, 0.3) is 5.76 Å². The Morgan fingerprint density at radius 1 is 1.00 bits per heavy atom. The van der Waals surface area contributed by atoms with Crippen LogP contribution in [0.3, 0.4) is 0 Å². The van der Waals surface area contributed by atoms with Crippen LogP contribution in [-0.2, 0) is 10.9 Å². The third-order valence-corrected chi connectivity index (χ3v) is 24.3. The van der Waals surface area contributed by atoms with Gasteiger partial charge in [-0.05, 0) is 0 Å². The minimum absolute atomic E-state index is 0.265. The minimum atomic E-state index is -4.41. The summed E-state index contributed by atoms with van der Waals surface area (Å²) >= 11 is -2.01. The molecule has 1 aromatic heterocycles. The van der Waals surface area contributed by atoms with Crippen LogP contribution >= 0.6 is 11.3 Å². The molecule has 0 radical (unpaired) electrons. The summed E-state index contributed by atoms with van der Waals surface area (Å²) in [5.74, 6) is 0.265. The number of halogens is 3. The van der Waals surface area contributed by atoms with Gasteiger partial charge < -0.3 is 0 Å². The molecule has 0 amide bonds. The Labute approximate surface area is 170 Å². The molecule has 1 heterocycles. The van der Waals surface area contributed by atoms with Crippen molar-refractivity contribution in [3.05, 3.63) is 17.3 Å². The molecule has 0 saturated carbocycles. The molecule has 1 aromatic rings. The molecule has 7 heteroatoms. The summed E-state index contributed by atoms with van der Waals surface area (Å²) in [5.41, 5.74) is -0.637.